The van der Waals surface area contributed by atoms with Crippen LogP contribution in [0.1, 0.15) is 26.3 Å². The van der Waals surface area contributed by atoms with E-state index >= 15 is 0 Å². The molecule has 2 rings (SSSR count). The van der Waals surface area contributed by atoms with Crippen LogP contribution in [-0.4, -0.2) is 50.3 Å². The van der Waals surface area contributed by atoms with Gasteiger partial charge in [-0.1, -0.05) is 37.3 Å². The van der Waals surface area contributed by atoms with Crippen LogP contribution in [0.4, 0.5) is 0 Å². The highest BCUT2D eigenvalue weighted by molar-refractivity contribution is 5.25. The Morgan fingerprint density at radius 1 is 1.20 bits per heavy atom. The molecule has 1 aliphatic rings. The number of hydrogen-bond donors (Lipinski definition) is 1. The molecule has 0 spiro atoms. The van der Waals surface area contributed by atoms with Crippen LogP contribution in [0.3, 0.4) is 0 Å². The average Bonchev–Trinajstić information content (AvgIpc) is 2.38. The summed E-state index contributed by atoms with van der Waals surface area (Å²) >= 11 is 0. The van der Waals surface area contributed by atoms with Crippen LogP contribution in [0, 0.1) is 0 Å². The SMILES string of the molecule is CNCC(C)(CN1CC(C)OC(C)C1)c1ccccc1. The largest absolute Gasteiger partial charge is 0.373 e. The van der Waals surface area contributed by atoms with Crippen LogP contribution in [0.2, 0.25) is 0 Å². The molecule has 1 saturated heterocycles. The van der Waals surface area contributed by atoms with Crippen molar-refractivity contribution in [2.24, 2.45) is 0 Å². The molecule has 20 heavy (non-hydrogen) atoms. The van der Waals surface area contributed by atoms with E-state index in [1.165, 1.54) is 5.56 Å². The minimum absolute atomic E-state index is 0.132. The Labute approximate surface area is 123 Å². The van der Waals surface area contributed by atoms with Crippen LogP contribution in [0.5, 0.6) is 0 Å². The van der Waals surface area contributed by atoms with Crippen molar-refractivity contribution in [1.82, 2.24) is 10.2 Å². The number of morpholine rings is 1. The molecule has 0 saturated carbocycles. The predicted molar refractivity (Wildman–Crippen MR) is 84.2 cm³/mol. The Bertz CT molecular complexity index is 399. The van der Waals surface area contributed by atoms with Gasteiger partial charge in [-0.3, -0.25) is 4.90 Å². The minimum atomic E-state index is 0.132. The molecular weight excluding hydrogens is 248 g/mol. The van der Waals surface area contributed by atoms with Crippen molar-refractivity contribution in [3.05, 3.63) is 35.9 Å². The fraction of sp³-hybridized carbons (Fsp3) is 0.647. The van der Waals surface area contributed by atoms with E-state index in [0.717, 1.165) is 26.2 Å². The Kier molecular flexibility index (Phi) is 5.19. The quantitative estimate of drug-likeness (QED) is 0.893. The van der Waals surface area contributed by atoms with Gasteiger partial charge in [0.05, 0.1) is 12.2 Å². The Morgan fingerprint density at radius 3 is 2.35 bits per heavy atom. The lowest BCUT2D eigenvalue weighted by molar-refractivity contribution is -0.0724. The third kappa shape index (κ3) is 3.81. The number of nitrogens with zero attached hydrogens (tertiary/aromatic N) is 1. The number of rotatable bonds is 5. The number of hydrogen-bond acceptors (Lipinski definition) is 3. The van der Waals surface area contributed by atoms with E-state index in [-0.39, 0.29) is 5.41 Å². The molecule has 1 fully saturated rings. The van der Waals surface area contributed by atoms with Gasteiger partial charge in [-0.15, -0.1) is 0 Å². The normalized spacial score (nSPS) is 27.2. The summed E-state index contributed by atoms with van der Waals surface area (Å²) in [4.78, 5) is 2.54. The van der Waals surface area contributed by atoms with Gasteiger partial charge in [-0.25, -0.2) is 0 Å². The summed E-state index contributed by atoms with van der Waals surface area (Å²) < 4.78 is 5.84. The van der Waals surface area contributed by atoms with E-state index in [9.17, 15) is 0 Å². The maximum absolute atomic E-state index is 5.84. The van der Waals surface area contributed by atoms with E-state index < -0.39 is 0 Å². The highest BCUT2D eigenvalue weighted by Crippen LogP contribution is 2.26. The molecule has 1 N–H and O–H groups in total. The van der Waals surface area contributed by atoms with E-state index in [1.54, 1.807) is 0 Å². The van der Waals surface area contributed by atoms with Gasteiger partial charge < -0.3 is 10.1 Å². The summed E-state index contributed by atoms with van der Waals surface area (Å²) in [6.07, 6.45) is 0.654. The molecule has 1 aromatic rings. The van der Waals surface area contributed by atoms with Crippen molar-refractivity contribution < 1.29 is 4.74 Å². The van der Waals surface area contributed by atoms with E-state index in [1.807, 2.05) is 7.05 Å². The first kappa shape index (κ1) is 15.5. The van der Waals surface area contributed by atoms with E-state index in [2.05, 4.69) is 61.3 Å². The fourth-order valence-electron chi connectivity index (χ4n) is 3.39. The van der Waals surface area contributed by atoms with Crippen LogP contribution in [0.15, 0.2) is 30.3 Å². The molecule has 3 atom stereocenters. The number of ether oxygens (including phenoxy) is 1. The third-order valence-electron chi connectivity index (χ3n) is 4.11. The van der Waals surface area contributed by atoms with Crippen molar-refractivity contribution >= 4 is 0 Å². The molecule has 0 aromatic heterocycles. The van der Waals surface area contributed by atoms with Crippen LogP contribution in [-0.2, 0) is 10.2 Å². The minimum Gasteiger partial charge on any atom is -0.373 e. The van der Waals surface area contributed by atoms with Gasteiger partial charge in [-0.05, 0) is 26.5 Å². The van der Waals surface area contributed by atoms with Gasteiger partial charge in [0.25, 0.3) is 0 Å². The Hall–Kier alpha value is -0.900. The summed E-state index contributed by atoms with van der Waals surface area (Å²) in [5.74, 6) is 0. The van der Waals surface area contributed by atoms with Crippen LogP contribution >= 0.6 is 0 Å². The molecule has 112 valence electrons. The van der Waals surface area contributed by atoms with Crippen LogP contribution in [0.25, 0.3) is 0 Å². The second kappa shape index (κ2) is 6.70. The van der Waals surface area contributed by atoms with Crippen LogP contribution < -0.4 is 5.32 Å². The zero-order valence-electron chi connectivity index (χ0n) is 13.2. The number of likely N-dealkylation sites (N-methyl/N-ethyl adjacent to an activating group) is 1. The topological polar surface area (TPSA) is 24.5 Å². The molecule has 3 unspecified atom stereocenters. The molecule has 1 aliphatic heterocycles. The van der Waals surface area contributed by atoms with Gasteiger partial charge in [0.2, 0.25) is 0 Å². The van der Waals surface area contributed by atoms with Gasteiger partial charge in [0, 0.05) is 31.6 Å². The maximum Gasteiger partial charge on any atom is 0.0678 e. The van der Waals surface area contributed by atoms with Crippen molar-refractivity contribution in [2.45, 2.75) is 38.4 Å². The predicted octanol–water partition coefficient (Wildman–Crippen LogP) is 2.27. The van der Waals surface area contributed by atoms with Gasteiger partial charge >= 0.3 is 0 Å². The molecule has 1 aromatic carbocycles. The molecule has 3 heteroatoms. The maximum atomic E-state index is 5.84. The zero-order chi connectivity index (χ0) is 14.6. The monoisotopic (exact) mass is 276 g/mol. The smallest absolute Gasteiger partial charge is 0.0678 e. The Morgan fingerprint density at radius 2 is 1.80 bits per heavy atom. The number of nitrogens with one attached hydrogen (secondary N) is 1. The van der Waals surface area contributed by atoms with Crippen molar-refractivity contribution in [3.8, 4) is 0 Å². The average molecular weight is 276 g/mol. The van der Waals surface area contributed by atoms with Crippen molar-refractivity contribution in [1.29, 1.82) is 0 Å². The third-order valence-corrected chi connectivity index (χ3v) is 4.11. The lowest BCUT2D eigenvalue weighted by atomic mass is 9.81. The fourth-order valence-corrected chi connectivity index (χ4v) is 3.39. The first-order valence-electron chi connectivity index (χ1n) is 7.61. The summed E-state index contributed by atoms with van der Waals surface area (Å²) in [7, 11) is 2.03. The molecule has 0 bridgehead atoms. The Balaban J connectivity index is 2.12. The summed E-state index contributed by atoms with van der Waals surface area (Å²) in [6.45, 7) is 10.8. The number of benzene rings is 1. The van der Waals surface area contributed by atoms with Gasteiger partial charge in [0.1, 0.15) is 0 Å². The second-order valence-corrected chi connectivity index (χ2v) is 6.41. The van der Waals surface area contributed by atoms with Crippen molar-refractivity contribution in [2.75, 3.05) is 33.2 Å². The highest BCUT2D eigenvalue weighted by Gasteiger charge is 2.31. The van der Waals surface area contributed by atoms with Crippen molar-refractivity contribution in [3.63, 3.8) is 0 Å². The lowest BCUT2D eigenvalue weighted by Gasteiger charge is -2.41. The summed E-state index contributed by atoms with van der Waals surface area (Å²) in [6, 6.07) is 10.8. The van der Waals surface area contributed by atoms with E-state index in [0.29, 0.717) is 12.2 Å². The first-order chi connectivity index (χ1) is 9.53. The lowest BCUT2D eigenvalue weighted by Crippen LogP contribution is -2.52. The molecular formula is C17H28N2O. The standard InChI is InChI=1S/C17H28N2O/c1-14-10-19(11-15(2)20-14)13-17(3,12-18-4)16-8-6-5-7-9-16/h5-9,14-15,18H,10-13H2,1-4H3. The molecule has 0 amide bonds. The summed E-state index contributed by atoms with van der Waals surface area (Å²) in [5, 5.41) is 3.36. The summed E-state index contributed by atoms with van der Waals surface area (Å²) in [5.41, 5.74) is 1.54. The molecule has 1 heterocycles. The first-order valence-corrected chi connectivity index (χ1v) is 7.61. The van der Waals surface area contributed by atoms with E-state index in [4.69, 9.17) is 4.74 Å². The van der Waals surface area contributed by atoms with Gasteiger partial charge in [-0.2, -0.15) is 0 Å². The van der Waals surface area contributed by atoms with Gasteiger partial charge in [0.15, 0.2) is 0 Å². The zero-order valence-corrected chi connectivity index (χ0v) is 13.2. The molecule has 3 nitrogen and oxygen atoms in total. The highest BCUT2D eigenvalue weighted by atomic mass is 16.5. The molecule has 0 radical (unpaired) electrons. The second-order valence-electron chi connectivity index (χ2n) is 6.41. The molecule has 0 aliphatic carbocycles.